The third-order valence-electron chi connectivity index (χ3n) is 4.76. The molecule has 25 heavy (non-hydrogen) atoms. The summed E-state index contributed by atoms with van der Waals surface area (Å²) in [6, 6.07) is 8.50. The van der Waals surface area contributed by atoms with Gasteiger partial charge in [-0.15, -0.1) is 0 Å². The van der Waals surface area contributed by atoms with Crippen molar-refractivity contribution < 1.29 is 22.3 Å². The van der Waals surface area contributed by atoms with E-state index < -0.39 is 10.0 Å². The van der Waals surface area contributed by atoms with Gasteiger partial charge in [0.2, 0.25) is 10.0 Å². The van der Waals surface area contributed by atoms with Crippen LogP contribution in [0, 0.1) is 5.92 Å². The zero-order chi connectivity index (χ0) is 17.6. The summed E-state index contributed by atoms with van der Waals surface area (Å²) in [5.41, 5.74) is 0. The van der Waals surface area contributed by atoms with Crippen molar-refractivity contribution in [2.45, 2.75) is 30.7 Å². The van der Waals surface area contributed by atoms with Gasteiger partial charge in [-0.25, -0.2) is 8.42 Å². The van der Waals surface area contributed by atoms with Crippen molar-refractivity contribution in [2.75, 3.05) is 20.3 Å². The molecule has 0 bridgehead atoms. The number of nitrogens with zero attached hydrogens (tertiary/aromatic N) is 1. The van der Waals surface area contributed by atoms with E-state index in [-0.39, 0.29) is 11.4 Å². The van der Waals surface area contributed by atoms with Crippen LogP contribution in [0.1, 0.15) is 30.8 Å². The van der Waals surface area contributed by atoms with Crippen molar-refractivity contribution in [1.82, 2.24) is 4.31 Å². The molecule has 0 amide bonds. The lowest BCUT2D eigenvalue weighted by molar-refractivity contribution is 0.171. The smallest absolute Gasteiger partial charge is 0.243 e. The molecule has 2 heterocycles. The first-order valence-electron chi connectivity index (χ1n) is 8.40. The van der Waals surface area contributed by atoms with Crippen LogP contribution in [0.4, 0.5) is 0 Å². The summed E-state index contributed by atoms with van der Waals surface area (Å²) in [5.74, 6) is 3.77. The van der Waals surface area contributed by atoms with Crippen molar-refractivity contribution in [3.8, 4) is 11.5 Å². The SMILES string of the molecule is C[C@@H]1C[C@@H]1c1ccc(CN(C)S(=O)(=O)c2ccc3c(c2)OCCO3)o1. The van der Waals surface area contributed by atoms with E-state index in [2.05, 4.69) is 6.92 Å². The first-order valence-corrected chi connectivity index (χ1v) is 9.84. The molecule has 7 heteroatoms. The van der Waals surface area contributed by atoms with Crippen LogP contribution in [0.25, 0.3) is 0 Å². The third kappa shape index (κ3) is 3.14. The number of rotatable bonds is 5. The molecule has 1 aliphatic heterocycles. The van der Waals surface area contributed by atoms with Crippen LogP contribution in [-0.2, 0) is 16.6 Å². The zero-order valence-corrected chi connectivity index (χ0v) is 15.1. The molecule has 2 aliphatic rings. The van der Waals surface area contributed by atoms with E-state index in [1.807, 2.05) is 12.1 Å². The van der Waals surface area contributed by atoms with Crippen molar-refractivity contribution in [2.24, 2.45) is 5.92 Å². The second-order valence-electron chi connectivity index (χ2n) is 6.69. The Bertz CT molecular complexity index is 889. The van der Waals surface area contributed by atoms with E-state index in [1.54, 1.807) is 19.2 Å². The number of furan rings is 1. The summed E-state index contributed by atoms with van der Waals surface area (Å²) in [6.45, 7) is 3.27. The summed E-state index contributed by atoms with van der Waals surface area (Å²) in [6.07, 6.45) is 1.14. The average Bonchev–Trinajstić information content (AvgIpc) is 3.15. The fourth-order valence-electron chi connectivity index (χ4n) is 3.07. The molecule has 6 nitrogen and oxygen atoms in total. The molecule has 1 aromatic carbocycles. The van der Waals surface area contributed by atoms with Crippen LogP contribution in [0.5, 0.6) is 11.5 Å². The highest BCUT2D eigenvalue weighted by atomic mass is 32.2. The van der Waals surface area contributed by atoms with Gasteiger partial charge in [0.05, 0.1) is 11.4 Å². The number of ether oxygens (including phenoxy) is 2. The van der Waals surface area contributed by atoms with Gasteiger partial charge in [0.1, 0.15) is 24.7 Å². The molecule has 1 aromatic heterocycles. The van der Waals surface area contributed by atoms with Crippen LogP contribution < -0.4 is 9.47 Å². The quantitative estimate of drug-likeness (QED) is 0.817. The Kier molecular flexibility index (Phi) is 4.00. The Morgan fingerprint density at radius 2 is 1.84 bits per heavy atom. The highest BCUT2D eigenvalue weighted by Crippen LogP contribution is 2.47. The predicted octanol–water partition coefficient (Wildman–Crippen LogP) is 2.99. The van der Waals surface area contributed by atoms with Crippen LogP contribution in [-0.4, -0.2) is 33.0 Å². The maximum Gasteiger partial charge on any atom is 0.243 e. The van der Waals surface area contributed by atoms with Crippen LogP contribution >= 0.6 is 0 Å². The molecular formula is C18H21NO5S. The molecule has 1 fully saturated rings. The lowest BCUT2D eigenvalue weighted by Gasteiger charge is -2.20. The second kappa shape index (κ2) is 6.07. The minimum atomic E-state index is -3.64. The molecular weight excluding hydrogens is 342 g/mol. The Morgan fingerprint density at radius 3 is 2.56 bits per heavy atom. The number of fused-ring (bicyclic) bond motifs is 1. The van der Waals surface area contributed by atoms with Gasteiger partial charge in [-0.1, -0.05) is 6.92 Å². The number of hydrogen-bond donors (Lipinski definition) is 0. The number of hydrogen-bond acceptors (Lipinski definition) is 5. The summed E-state index contributed by atoms with van der Waals surface area (Å²) in [4.78, 5) is 0.182. The highest BCUT2D eigenvalue weighted by molar-refractivity contribution is 7.89. The van der Waals surface area contributed by atoms with E-state index in [9.17, 15) is 8.42 Å². The minimum absolute atomic E-state index is 0.182. The molecule has 0 radical (unpaired) electrons. The molecule has 134 valence electrons. The summed E-state index contributed by atoms with van der Waals surface area (Å²) < 4.78 is 43.7. The van der Waals surface area contributed by atoms with E-state index in [1.165, 1.54) is 10.4 Å². The Balaban J connectivity index is 1.52. The zero-order valence-electron chi connectivity index (χ0n) is 14.3. The Labute approximate surface area is 147 Å². The lowest BCUT2D eigenvalue weighted by Crippen LogP contribution is -2.26. The van der Waals surface area contributed by atoms with Crippen LogP contribution in [0.3, 0.4) is 0 Å². The summed E-state index contributed by atoms with van der Waals surface area (Å²) in [5, 5.41) is 0. The summed E-state index contributed by atoms with van der Waals surface area (Å²) in [7, 11) is -2.09. The monoisotopic (exact) mass is 363 g/mol. The van der Waals surface area contributed by atoms with Crippen molar-refractivity contribution in [3.63, 3.8) is 0 Å². The molecule has 2 atom stereocenters. The average molecular weight is 363 g/mol. The highest BCUT2D eigenvalue weighted by Gasteiger charge is 2.36. The van der Waals surface area contributed by atoms with E-state index in [0.29, 0.717) is 42.3 Å². The molecule has 0 spiro atoms. The number of benzene rings is 1. The van der Waals surface area contributed by atoms with E-state index in [4.69, 9.17) is 13.9 Å². The molecule has 0 saturated heterocycles. The predicted molar refractivity (Wildman–Crippen MR) is 91.3 cm³/mol. The molecule has 0 unspecified atom stereocenters. The van der Waals surface area contributed by atoms with Crippen molar-refractivity contribution in [1.29, 1.82) is 0 Å². The Hall–Kier alpha value is -1.99. The standard InChI is InChI=1S/C18H21NO5S/c1-12-9-15(12)16-5-3-13(24-16)11-19(2)25(20,21)14-4-6-17-18(10-14)23-8-7-22-17/h3-6,10,12,15H,7-9,11H2,1-2H3/t12-,15+/m1/s1. The van der Waals surface area contributed by atoms with Gasteiger partial charge in [0.25, 0.3) is 0 Å². The molecule has 0 N–H and O–H groups in total. The van der Waals surface area contributed by atoms with Crippen molar-refractivity contribution in [3.05, 3.63) is 41.9 Å². The second-order valence-corrected chi connectivity index (χ2v) is 8.73. The maximum atomic E-state index is 12.8. The first-order chi connectivity index (χ1) is 11.9. The third-order valence-corrected chi connectivity index (χ3v) is 6.56. The van der Waals surface area contributed by atoms with Gasteiger partial charge in [-0.05, 0) is 36.6 Å². The van der Waals surface area contributed by atoms with Crippen molar-refractivity contribution >= 4 is 10.0 Å². The fourth-order valence-corrected chi connectivity index (χ4v) is 4.22. The van der Waals surface area contributed by atoms with Gasteiger partial charge >= 0.3 is 0 Å². The van der Waals surface area contributed by atoms with Gasteiger partial charge in [0, 0.05) is 19.0 Å². The van der Waals surface area contributed by atoms with Crippen LogP contribution in [0.2, 0.25) is 0 Å². The van der Waals surface area contributed by atoms with Crippen LogP contribution in [0.15, 0.2) is 39.6 Å². The van der Waals surface area contributed by atoms with Gasteiger partial charge in [-0.2, -0.15) is 4.31 Å². The van der Waals surface area contributed by atoms with E-state index in [0.717, 1.165) is 12.2 Å². The lowest BCUT2D eigenvalue weighted by atomic mass is 10.3. The van der Waals surface area contributed by atoms with Gasteiger partial charge < -0.3 is 13.9 Å². The molecule has 1 saturated carbocycles. The fraction of sp³-hybridized carbons (Fsp3) is 0.444. The topological polar surface area (TPSA) is 69.0 Å². The molecule has 1 aliphatic carbocycles. The Morgan fingerprint density at radius 1 is 1.12 bits per heavy atom. The maximum absolute atomic E-state index is 12.8. The van der Waals surface area contributed by atoms with E-state index >= 15 is 0 Å². The van der Waals surface area contributed by atoms with Gasteiger partial charge in [-0.3, -0.25) is 0 Å². The molecule has 2 aromatic rings. The summed E-state index contributed by atoms with van der Waals surface area (Å²) >= 11 is 0. The first kappa shape index (κ1) is 16.5. The van der Waals surface area contributed by atoms with Gasteiger partial charge in [0.15, 0.2) is 11.5 Å². The molecule has 4 rings (SSSR count). The normalized spacial score (nSPS) is 22.2. The largest absolute Gasteiger partial charge is 0.486 e. The minimum Gasteiger partial charge on any atom is -0.486 e. The number of sulfonamides is 1.